The second-order valence-corrected chi connectivity index (χ2v) is 6.26. The Bertz CT molecular complexity index is 589. The van der Waals surface area contributed by atoms with Crippen molar-refractivity contribution in [2.75, 3.05) is 57.5 Å². The van der Waals surface area contributed by atoms with Crippen LogP contribution in [0.1, 0.15) is 23.3 Å². The van der Waals surface area contributed by atoms with Gasteiger partial charge in [0, 0.05) is 45.1 Å². The Morgan fingerprint density at radius 1 is 1.00 bits per heavy atom. The van der Waals surface area contributed by atoms with Crippen LogP contribution in [0.25, 0.3) is 0 Å². The predicted molar refractivity (Wildman–Crippen MR) is 84.8 cm³/mol. The summed E-state index contributed by atoms with van der Waals surface area (Å²) in [6.45, 7) is 5.32. The Labute approximate surface area is 140 Å². The van der Waals surface area contributed by atoms with Crippen LogP contribution in [0.2, 0.25) is 0 Å². The van der Waals surface area contributed by atoms with E-state index < -0.39 is 5.79 Å². The van der Waals surface area contributed by atoms with E-state index in [1.807, 2.05) is 0 Å². The standard InChI is InChI=1S/C16H22N4O4/c21-15(20-5-7-22-8-6-20)13-11-14(18-12-17-13)19-3-1-16(2-4-19)23-9-10-24-16/h11-12H,1-10H2. The molecule has 0 aliphatic carbocycles. The van der Waals surface area contributed by atoms with Crippen LogP contribution in [-0.4, -0.2) is 79.2 Å². The second kappa shape index (κ2) is 6.62. The number of carbonyl (C=O) groups excluding carboxylic acids is 1. The van der Waals surface area contributed by atoms with E-state index in [-0.39, 0.29) is 5.91 Å². The first-order valence-electron chi connectivity index (χ1n) is 8.48. The fourth-order valence-electron chi connectivity index (χ4n) is 3.43. The average Bonchev–Trinajstić information content (AvgIpc) is 3.10. The Balaban J connectivity index is 1.44. The topological polar surface area (TPSA) is 77.0 Å². The van der Waals surface area contributed by atoms with Gasteiger partial charge in [0.15, 0.2) is 5.79 Å². The monoisotopic (exact) mass is 334 g/mol. The lowest BCUT2D eigenvalue weighted by Crippen LogP contribution is -2.45. The molecule has 130 valence electrons. The van der Waals surface area contributed by atoms with Crippen molar-refractivity contribution in [1.82, 2.24) is 14.9 Å². The summed E-state index contributed by atoms with van der Waals surface area (Å²) in [6, 6.07) is 1.78. The minimum atomic E-state index is -0.407. The molecule has 8 nitrogen and oxygen atoms in total. The Morgan fingerprint density at radius 2 is 1.71 bits per heavy atom. The second-order valence-electron chi connectivity index (χ2n) is 6.26. The quantitative estimate of drug-likeness (QED) is 0.769. The molecule has 0 unspecified atom stereocenters. The highest BCUT2D eigenvalue weighted by Crippen LogP contribution is 2.32. The number of aromatic nitrogens is 2. The van der Waals surface area contributed by atoms with Crippen LogP contribution in [0, 0.1) is 0 Å². The molecule has 1 aromatic rings. The number of piperidine rings is 1. The average molecular weight is 334 g/mol. The van der Waals surface area contributed by atoms with Crippen molar-refractivity contribution < 1.29 is 19.0 Å². The Hall–Kier alpha value is -1.77. The van der Waals surface area contributed by atoms with E-state index in [0.717, 1.165) is 31.7 Å². The molecule has 0 atom stereocenters. The number of carbonyl (C=O) groups is 1. The van der Waals surface area contributed by atoms with E-state index in [9.17, 15) is 4.79 Å². The largest absolute Gasteiger partial charge is 0.378 e. The van der Waals surface area contributed by atoms with Crippen molar-refractivity contribution in [3.63, 3.8) is 0 Å². The van der Waals surface area contributed by atoms with Gasteiger partial charge in [-0.3, -0.25) is 4.79 Å². The molecule has 3 saturated heterocycles. The van der Waals surface area contributed by atoms with Gasteiger partial charge in [-0.05, 0) is 0 Å². The van der Waals surface area contributed by atoms with Gasteiger partial charge in [0.1, 0.15) is 17.8 Å². The molecule has 0 saturated carbocycles. The van der Waals surface area contributed by atoms with Crippen molar-refractivity contribution in [3.05, 3.63) is 18.1 Å². The number of amides is 1. The normalized spacial score (nSPS) is 23.7. The molecule has 0 bridgehead atoms. The molecule has 0 N–H and O–H groups in total. The lowest BCUT2D eigenvalue weighted by molar-refractivity contribution is -0.169. The number of hydrogen-bond acceptors (Lipinski definition) is 7. The molecule has 3 fully saturated rings. The predicted octanol–water partition coefficient (Wildman–Crippen LogP) is 0.292. The zero-order valence-electron chi connectivity index (χ0n) is 13.6. The molecule has 8 heteroatoms. The van der Waals surface area contributed by atoms with Crippen LogP contribution >= 0.6 is 0 Å². The van der Waals surface area contributed by atoms with Gasteiger partial charge in [-0.25, -0.2) is 9.97 Å². The molecule has 1 spiro atoms. The van der Waals surface area contributed by atoms with Crippen molar-refractivity contribution in [2.24, 2.45) is 0 Å². The van der Waals surface area contributed by atoms with Gasteiger partial charge < -0.3 is 24.0 Å². The van der Waals surface area contributed by atoms with Gasteiger partial charge in [0.25, 0.3) is 5.91 Å². The number of hydrogen-bond donors (Lipinski definition) is 0. The van der Waals surface area contributed by atoms with Crippen LogP contribution in [0.5, 0.6) is 0 Å². The molecule has 0 radical (unpaired) electrons. The van der Waals surface area contributed by atoms with Crippen LogP contribution in [-0.2, 0) is 14.2 Å². The van der Waals surface area contributed by atoms with Gasteiger partial charge in [0.2, 0.25) is 0 Å². The number of rotatable bonds is 2. The molecule has 24 heavy (non-hydrogen) atoms. The summed E-state index contributed by atoms with van der Waals surface area (Å²) < 4.78 is 16.8. The first-order valence-corrected chi connectivity index (χ1v) is 8.48. The highest BCUT2D eigenvalue weighted by molar-refractivity contribution is 5.93. The summed E-state index contributed by atoms with van der Waals surface area (Å²) in [5.74, 6) is 0.322. The maximum atomic E-state index is 12.6. The molecular weight excluding hydrogens is 312 g/mol. The number of anilines is 1. The van der Waals surface area contributed by atoms with Crippen LogP contribution in [0.3, 0.4) is 0 Å². The Morgan fingerprint density at radius 3 is 2.42 bits per heavy atom. The molecule has 3 aliphatic heterocycles. The van der Waals surface area contributed by atoms with Crippen molar-refractivity contribution in [3.8, 4) is 0 Å². The minimum absolute atomic E-state index is 0.0575. The third-order valence-electron chi connectivity index (χ3n) is 4.83. The highest BCUT2D eigenvalue weighted by atomic mass is 16.7. The summed E-state index contributed by atoms with van der Waals surface area (Å²) in [5, 5.41) is 0. The van der Waals surface area contributed by atoms with Crippen molar-refractivity contribution in [1.29, 1.82) is 0 Å². The van der Waals surface area contributed by atoms with Gasteiger partial charge in [-0.1, -0.05) is 0 Å². The lowest BCUT2D eigenvalue weighted by atomic mass is 10.0. The maximum absolute atomic E-state index is 12.6. The highest BCUT2D eigenvalue weighted by Gasteiger charge is 2.40. The number of morpholine rings is 1. The minimum Gasteiger partial charge on any atom is -0.378 e. The van der Waals surface area contributed by atoms with E-state index in [1.54, 1.807) is 11.0 Å². The summed E-state index contributed by atoms with van der Waals surface area (Å²) in [4.78, 5) is 25.0. The van der Waals surface area contributed by atoms with Gasteiger partial charge in [0.05, 0.1) is 26.4 Å². The maximum Gasteiger partial charge on any atom is 0.272 e. The van der Waals surface area contributed by atoms with E-state index in [1.165, 1.54) is 6.33 Å². The fraction of sp³-hybridized carbons (Fsp3) is 0.688. The first kappa shape index (κ1) is 15.7. The third-order valence-corrected chi connectivity index (χ3v) is 4.83. The van der Waals surface area contributed by atoms with Gasteiger partial charge in [-0.2, -0.15) is 0 Å². The molecule has 4 heterocycles. The molecule has 4 rings (SSSR count). The first-order chi connectivity index (χ1) is 11.8. The third kappa shape index (κ3) is 3.09. The van der Waals surface area contributed by atoms with Crippen LogP contribution in [0.4, 0.5) is 5.82 Å². The summed E-state index contributed by atoms with van der Waals surface area (Å²) in [6.07, 6.45) is 3.09. The number of ether oxygens (including phenoxy) is 3. The zero-order valence-corrected chi connectivity index (χ0v) is 13.6. The summed E-state index contributed by atoms with van der Waals surface area (Å²) in [7, 11) is 0. The van der Waals surface area contributed by atoms with Crippen LogP contribution in [0.15, 0.2) is 12.4 Å². The summed E-state index contributed by atoms with van der Waals surface area (Å²) >= 11 is 0. The molecule has 1 amide bonds. The lowest BCUT2D eigenvalue weighted by Gasteiger charge is -2.38. The van der Waals surface area contributed by atoms with E-state index in [4.69, 9.17) is 14.2 Å². The summed E-state index contributed by atoms with van der Waals surface area (Å²) in [5.41, 5.74) is 0.440. The van der Waals surface area contributed by atoms with E-state index in [0.29, 0.717) is 45.2 Å². The van der Waals surface area contributed by atoms with Crippen molar-refractivity contribution >= 4 is 11.7 Å². The smallest absolute Gasteiger partial charge is 0.272 e. The van der Waals surface area contributed by atoms with Gasteiger partial charge >= 0.3 is 0 Å². The molecule has 1 aromatic heterocycles. The fourth-order valence-corrected chi connectivity index (χ4v) is 3.43. The van der Waals surface area contributed by atoms with Crippen molar-refractivity contribution in [2.45, 2.75) is 18.6 Å². The van der Waals surface area contributed by atoms with Crippen LogP contribution < -0.4 is 4.90 Å². The SMILES string of the molecule is O=C(c1cc(N2CCC3(CC2)OCCO3)ncn1)N1CCOCC1. The number of nitrogens with zero attached hydrogens (tertiary/aromatic N) is 4. The van der Waals surface area contributed by atoms with E-state index in [2.05, 4.69) is 14.9 Å². The molecular formula is C16H22N4O4. The zero-order chi connectivity index (χ0) is 16.4. The van der Waals surface area contributed by atoms with Gasteiger partial charge in [-0.15, -0.1) is 0 Å². The van der Waals surface area contributed by atoms with E-state index >= 15 is 0 Å². The molecule has 0 aromatic carbocycles. The molecule has 3 aliphatic rings. The Kier molecular flexibility index (Phi) is 4.34.